The molecule has 0 bridgehead atoms. The van der Waals surface area contributed by atoms with Crippen LogP contribution in [0, 0.1) is 6.92 Å². The van der Waals surface area contributed by atoms with Crippen molar-refractivity contribution >= 4 is 23.2 Å². The summed E-state index contributed by atoms with van der Waals surface area (Å²) in [6, 6.07) is 2.93. The number of phenolic OH excluding ortho intramolecular Hbond substituents is 1. The number of aliphatic hydroxyl groups excluding tert-OH is 1. The van der Waals surface area contributed by atoms with Crippen LogP contribution in [0.2, 0.25) is 0 Å². The largest absolute Gasteiger partial charge is 0.506 e. The Morgan fingerprint density at radius 1 is 1.47 bits per heavy atom. The highest BCUT2D eigenvalue weighted by atomic mass is 35.5. The number of hydrogen-bond acceptors (Lipinski definition) is 3. The number of amides is 1. The number of alkyl halides is 1. The fourth-order valence-corrected chi connectivity index (χ4v) is 2.31. The average Bonchev–Trinajstić information content (AvgIpc) is 2.42. The third-order valence-corrected chi connectivity index (χ3v) is 3.41. The van der Waals surface area contributed by atoms with E-state index in [1.165, 1.54) is 4.90 Å². The standard InChI is InChI=1S/C14H20ClNO3/c1-4-11-9(2)5-6-12(18)14(11)16(10(3)8-17)13(19)7-15/h5-6,10,17-18H,4,7-8H2,1-3H3. The Hall–Kier alpha value is -1.26. The van der Waals surface area contributed by atoms with Crippen LogP contribution in [0.15, 0.2) is 12.1 Å². The summed E-state index contributed by atoms with van der Waals surface area (Å²) in [7, 11) is 0. The molecule has 0 saturated carbocycles. The van der Waals surface area contributed by atoms with Crippen LogP contribution in [0.1, 0.15) is 25.0 Å². The van der Waals surface area contributed by atoms with Crippen molar-refractivity contribution in [2.75, 3.05) is 17.4 Å². The zero-order valence-electron chi connectivity index (χ0n) is 11.5. The van der Waals surface area contributed by atoms with Crippen molar-refractivity contribution in [1.82, 2.24) is 0 Å². The molecule has 2 N–H and O–H groups in total. The highest BCUT2D eigenvalue weighted by molar-refractivity contribution is 6.29. The molecule has 1 aromatic carbocycles. The Morgan fingerprint density at radius 3 is 2.58 bits per heavy atom. The fourth-order valence-electron chi connectivity index (χ4n) is 2.18. The molecule has 19 heavy (non-hydrogen) atoms. The lowest BCUT2D eigenvalue weighted by molar-refractivity contribution is -0.116. The Kier molecular flexibility index (Phi) is 5.63. The van der Waals surface area contributed by atoms with Crippen molar-refractivity contribution < 1.29 is 15.0 Å². The Balaban J connectivity index is 3.45. The van der Waals surface area contributed by atoms with Crippen LogP contribution in [0.4, 0.5) is 5.69 Å². The smallest absolute Gasteiger partial charge is 0.242 e. The quantitative estimate of drug-likeness (QED) is 0.816. The van der Waals surface area contributed by atoms with Gasteiger partial charge in [0.25, 0.3) is 0 Å². The SMILES string of the molecule is CCc1c(C)ccc(O)c1N(C(=O)CCl)C(C)CO. The maximum Gasteiger partial charge on any atom is 0.242 e. The summed E-state index contributed by atoms with van der Waals surface area (Å²) in [5.41, 5.74) is 2.33. The lowest BCUT2D eigenvalue weighted by Gasteiger charge is -2.30. The van der Waals surface area contributed by atoms with Crippen LogP contribution in [-0.4, -0.2) is 34.6 Å². The highest BCUT2D eigenvalue weighted by Crippen LogP contribution is 2.35. The minimum atomic E-state index is -0.441. The second kappa shape index (κ2) is 6.78. The lowest BCUT2D eigenvalue weighted by Crippen LogP contribution is -2.42. The van der Waals surface area contributed by atoms with Gasteiger partial charge in [0.05, 0.1) is 18.3 Å². The van der Waals surface area contributed by atoms with Crippen molar-refractivity contribution in [3.63, 3.8) is 0 Å². The topological polar surface area (TPSA) is 60.8 Å². The molecule has 0 aliphatic carbocycles. The van der Waals surface area contributed by atoms with Gasteiger partial charge in [0.2, 0.25) is 5.91 Å². The van der Waals surface area contributed by atoms with Crippen LogP contribution >= 0.6 is 11.6 Å². The molecule has 0 spiro atoms. The van der Waals surface area contributed by atoms with Crippen molar-refractivity contribution in [2.24, 2.45) is 0 Å². The monoisotopic (exact) mass is 285 g/mol. The Labute approximate surface area is 118 Å². The number of aromatic hydroxyl groups is 1. The number of carbonyl (C=O) groups is 1. The Morgan fingerprint density at radius 2 is 2.11 bits per heavy atom. The van der Waals surface area contributed by atoms with Crippen LogP contribution in [-0.2, 0) is 11.2 Å². The third kappa shape index (κ3) is 3.19. The van der Waals surface area contributed by atoms with Gasteiger partial charge in [-0.1, -0.05) is 13.0 Å². The van der Waals surface area contributed by atoms with Gasteiger partial charge in [0.1, 0.15) is 11.6 Å². The molecular formula is C14H20ClNO3. The van der Waals surface area contributed by atoms with Gasteiger partial charge in [0.15, 0.2) is 0 Å². The van der Waals surface area contributed by atoms with Gasteiger partial charge in [-0.25, -0.2) is 0 Å². The van der Waals surface area contributed by atoms with Gasteiger partial charge < -0.3 is 15.1 Å². The number of phenols is 1. The number of benzene rings is 1. The summed E-state index contributed by atoms with van der Waals surface area (Å²) in [6.45, 7) is 5.40. The number of carbonyl (C=O) groups excluding carboxylic acids is 1. The van der Waals surface area contributed by atoms with Crippen molar-refractivity contribution in [3.8, 4) is 5.75 Å². The number of nitrogens with zero attached hydrogens (tertiary/aromatic N) is 1. The number of aliphatic hydroxyl groups is 1. The van der Waals surface area contributed by atoms with E-state index in [1.54, 1.807) is 13.0 Å². The summed E-state index contributed by atoms with van der Waals surface area (Å²) >= 11 is 5.63. The van der Waals surface area contributed by atoms with Gasteiger partial charge in [-0.2, -0.15) is 0 Å². The summed E-state index contributed by atoms with van der Waals surface area (Å²) in [4.78, 5) is 13.4. The average molecular weight is 286 g/mol. The van der Waals surface area contributed by atoms with Crippen molar-refractivity contribution in [1.29, 1.82) is 0 Å². The molecule has 0 saturated heterocycles. The summed E-state index contributed by atoms with van der Waals surface area (Å²) in [5.74, 6) is -0.499. The molecular weight excluding hydrogens is 266 g/mol. The predicted molar refractivity (Wildman–Crippen MR) is 77.0 cm³/mol. The van der Waals surface area contributed by atoms with Gasteiger partial charge in [-0.05, 0) is 37.5 Å². The molecule has 0 heterocycles. The van der Waals surface area contributed by atoms with Crippen molar-refractivity contribution in [2.45, 2.75) is 33.2 Å². The highest BCUT2D eigenvalue weighted by Gasteiger charge is 2.26. The fraction of sp³-hybridized carbons (Fsp3) is 0.500. The number of halogens is 1. The van der Waals surface area contributed by atoms with Crippen molar-refractivity contribution in [3.05, 3.63) is 23.3 Å². The van der Waals surface area contributed by atoms with E-state index in [0.29, 0.717) is 12.1 Å². The van der Waals surface area contributed by atoms with E-state index in [4.69, 9.17) is 11.6 Å². The maximum absolute atomic E-state index is 12.0. The first-order valence-corrected chi connectivity index (χ1v) is 6.81. The molecule has 1 amide bonds. The molecule has 1 atom stereocenters. The normalized spacial score (nSPS) is 12.3. The number of hydrogen-bond donors (Lipinski definition) is 2. The van der Waals surface area contributed by atoms with E-state index >= 15 is 0 Å². The number of rotatable bonds is 5. The van der Waals surface area contributed by atoms with Crippen LogP contribution in [0.25, 0.3) is 0 Å². The van der Waals surface area contributed by atoms with Gasteiger partial charge in [-0.15, -0.1) is 11.6 Å². The zero-order valence-corrected chi connectivity index (χ0v) is 12.2. The molecule has 0 radical (unpaired) electrons. The van der Waals surface area contributed by atoms with E-state index in [2.05, 4.69) is 0 Å². The minimum absolute atomic E-state index is 0.0289. The summed E-state index contributed by atoms with van der Waals surface area (Å²) in [5, 5.41) is 19.4. The van der Waals surface area contributed by atoms with Gasteiger partial charge in [-0.3, -0.25) is 4.79 Å². The third-order valence-electron chi connectivity index (χ3n) is 3.18. The first-order chi connectivity index (χ1) is 8.97. The van der Waals surface area contributed by atoms with Gasteiger partial charge in [0, 0.05) is 0 Å². The van der Waals surface area contributed by atoms with Crippen LogP contribution < -0.4 is 4.90 Å². The first kappa shape index (κ1) is 15.8. The van der Waals surface area contributed by atoms with E-state index in [9.17, 15) is 15.0 Å². The van der Waals surface area contributed by atoms with E-state index in [1.807, 2.05) is 19.9 Å². The molecule has 106 valence electrons. The Bertz CT molecular complexity index is 462. The molecule has 0 aromatic heterocycles. The molecule has 0 fully saturated rings. The number of aryl methyl sites for hydroxylation is 1. The maximum atomic E-state index is 12.0. The van der Waals surface area contributed by atoms with Crippen LogP contribution in [0.5, 0.6) is 5.75 Å². The van der Waals surface area contributed by atoms with Crippen LogP contribution in [0.3, 0.4) is 0 Å². The molecule has 1 aromatic rings. The first-order valence-electron chi connectivity index (χ1n) is 6.28. The number of anilines is 1. The second-order valence-corrected chi connectivity index (χ2v) is 4.78. The summed E-state index contributed by atoms with van der Waals surface area (Å²) < 4.78 is 0. The molecule has 0 aliphatic rings. The molecule has 1 rings (SSSR count). The van der Waals surface area contributed by atoms with E-state index < -0.39 is 6.04 Å². The lowest BCUT2D eigenvalue weighted by atomic mass is 10.0. The van der Waals surface area contributed by atoms with Gasteiger partial charge >= 0.3 is 0 Å². The summed E-state index contributed by atoms with van der Waals surface area (Å²) in [6.07, 6.45) is 0.680. The predicted octanol–water partition coefficient (Wildman–Crippen LogP) is 2.22. The molecule has 5 heteroatoms. The minimum Gasteiger partial charge on any atom is -0.506 e. The van der Waals surface area contributed by atoms with E-state index in [-0.39, 0.29) is 24.1 Å². The molecule has 1 unspecified atom stereocenters. The zero-order chi connectivity index (χ0) is 14.6. The molecule has 4 nitrogen and oxygen atoms in total. The van der Waals surface area contributed by atoms with E-state index in [0.717, 1.165) is 11.1 Å². The molecule has 0 aliphatic heterocycles. The second-order valence-electron chi connectivity index (χ2n) is 4.51.